The number of rotatable bonds is 5. The first-order chi connectivity index (χ1) is 6.24. The van der Waals surface area contributed by atoms with Gasteiger partial charge in [0.15, 0.2) is 5.16 Å². The van der Waals surface area contributed by atoms with Gasteiger partial charge in [-0.1, -0.05) is 11.8 Å². The van der Waals surface area contributed by atoms with Crippen LogP contribution in [0.3, 0.4) is 0 Å². The summed E-state index contributed by atoms with van der Waals surface area (Å²) in [5.74, 6) is 0.757. The smallest absolute Gasteiger partial charge is 0.185 e. The lowest BCUT2D eigenvalue weighted by Gasteiger charge is -2.07. The normalized spacial score (nSPS) is 13.2. The van der Waals surface area contributed by atoms with E-state index in [1.165, 1.54) is 6.33 Å². The van der Waals surface area contributed by atoms with Gasteiger partial charge in [0.25, 0.3) is 0 Å². The van der Waals surface area contributed by atoms with Crippen molar-refractivity contribution in [1.29, 1.82) is 0 Å². The molecule has 0 aliphatic rings. The molecule has 13 heavy (non-hydrogen) atoms. The Morgan fingerprint density at radius 1 is 1.77 bits per heavy atom. The fourth-order valence-electron chi connectivity index (χ4n) is 0.847. The van der Waals surface area contributed by atoms with Gasteiger partial charge in [0.05, 0.1) is 0 Å². The van der Waals surface area contributed by atoms with E-state index in [9.17, 15) is 0 Å². The Morgan fingerprint density at radius 3 is 3.08 bits per heavy atom. The van der Waals surface area contributed by atoms with Crippen molar-refractivity contribution in [2.24, 2.45) is 12.8 Å². The van der Waals surface area contributed by atoms with E-state index >= 15 is 0 Å². The fraction of sp³-hybridized carbons (Fsp3) is 0.714. The topological polar surface area (TPSA) is 77.0 Å². The molecule has 1 atom stereocenters. The Morgan fingerprint density at radius 2 is 2.54 bits per heavy atom. The Bertz CT molecular complexity index is 252. The maximum absolute atomic E-state index is 8.63. The van der Waals surface area contributed by atoms with Gasteiger partial charge in [-0.15, -0.1) is 0 Å². The minimum Gasteiger partial charge on any atom is -0.396 e. The minimum absolute atomic E-state index is 0.0201. The fourth-order valence-corrected chi connectivity index (χ4v) is 1.73. The highest BCUT2D eigenvalue weighted by Gasteiger charge is 2.05. The van der Waals surface area contributed by atoms with Gasteiger partial charge >= 0.3 is 0 Å². The minimum atomic E-state index is 0.0201. The second kappa shape index (κ2) is 5.21. The van der Waals surface area contributed by atoms with Crippen molar-refractivity contribution in [3.63, 3.8) is 0 Å². The molecule has 1 aromatic heterocycles. The van der Waals surface area contributed by atoms with Crippen LogP contribution in [0.1, 0.15) is 6.42 Å². The second-order valence-electron chi connectivity index (χ2n) is 2.75. The summed E-state index contributed by atoms with van der Waals surface area (Å²) >= 11 is 1.55. The molecule has 74 valence electrons. The largest absolute Gasteiger partial charge is 0.396 e. The quantitative estimate of drug-likeness (QED) is 0.636. The van der Waals surface area contributed by atoms with Gasteiger partial charge in [-0.2, -0.15) is 5.10 Å². The van der Waals surface area contributed by atoms with E-state index in [1.54, 1.807) is 16.4 Å². The average molecular weight is 202 g/mol. The predicted octanol–water partition coefficient (Wildman–Crippen LogP) is -0.383. The van der Waals surface area contributed by atoms with Crippen LogP contribution >= 0.6 is 11.8 Å². The van der Waals surface area contributed by atoms with E-state index in [0.29, 0.717) is 6.42 Å². The third-order valence-electron chi connectivity index (χ3n) is 1.60. The highest BCUT2D eigenvalue weighted by Crippen LogP contribution is 2.14. The van der Waals surface area contributed by atoms with Crippen molar-refractivity contribution in [3.05, 3.63) is 6.33 Å². The van der Waals surface area contributed by atoms with Gasteiger partial charge < -0.3 is 10.8 Å². The van der Waals surface area contributed by atoms with Gasteiger partial charge in [0, 0.05) is 25.4 Å². The molecule has 1 rings (SSSR count). The lowest BCUT2D eigenvalue weighted by atomic mass is 10.3. The monoisotopic (exact) mass is 202 g/mol. The van der Waals surface area contributed by atoms with Crippen molar-refractivity contribution in [2.45, 2.75) is 17.6 Å². The maximum Gasteiger partial charge on any atom is 0.185 e. The highest BCUT2D eigenvalue weighted by atomic mass is 32.2. The summed E-state index contributed by atoms with van der Waals surface area (Å²) < 4.78 is 1.70. The predicted molar refractivity (Wildman–Crippen MR) is 51.4 cm³/mol. The summed E-state index contributed by atoms with van der Waals surface area (Å²) in [7, 11) is 1.84. The zero-order chi connectivity index (χ0) is 9.68. The van der Waals surface area contributed by atoms with Crippen molar-refractivity contribution < 1.29 is 5.11 Å². The van der Waals surface area contributed by atoms with Gasteiger partial charge in [-0.25, -0.2) is 9.67 Å². The summed E-state index contributed by atoms with van der Waals surface area (Å²) in [5, 5.41) is 13.4. The molecule has 1 unspecified atom stereocenters. The summed E-state index contributed by atoms with van der Waals surface area (Å²) in [6, 6.07) is 0.0201. The van der Waals surface area contributed by atoms with E-state index in [4.69, 9.17) is 10.8 Å². The van der Waals surface area contributed by atoms with Crippen LogP contribution in [-0.4, -0.2) is 38.3 Å². The third-order valence-corrected chi connectivity index (χ3v) is 2.82. The van der Waals surface area contributed by atoms with Crippen LogP contribution in [0.5, 0.6) is 0 Å². The maximum atomic E-state index is 8.63. The Labute approximate surface area is 81.3 Å². The molecule has 0 aromatic carbocycles. The van der Waals surface area contributed by atoms with E-state index < -0.39 is 0 Å². The molecular weight excluding hydrogens is 188 g/mol. The average Bonchev–Trinajstić information content (AvgIpc) is 2.48. The standard InChI is InChI=1S/C7H14N4OS/c1-11-7(9-5-10-11)13-4-6(8)2-3-12/h5-6,12H,2-4,8H2,1H3. The zero-order valence-corrected chi connectivity index (χ0v) is 8.37. The number of nitrogens with two attached hydrogens (primary N) is 1. The Hall–Kier alpha value is -0.590. The first kappa shape index (κ1) is 10.5. The number of aliphatic hydroxyl groups excluding tert-OH is 1. The molecule has 0 saturated heterocycles. The molecule has 0 aliphatic carbocycles. The van der Waals surface area contributed by atoms with Gasteiger partial charge in [-0.3, -0.25) is 0 Å². The van der Waals surface area contributed by atoms with Crippen molar-refractivity contribution >= 4 is 11.8 Å². The summed E-state index contributed by atoms with van der Waals surface area (Å²) in [4.78, 5) is 4.04. The van der Waals surface area contributed by atoms with Crippen LogP contribution < -0.4 is 5.73 Å². The van der Waals surface area contributed by atoms with Crippen molar-refractivity contribution in [3.8, 4) is 0 Å². The number of nitrogens with zero attached hydrogens (tertiary/aromatic N) is 3. The molecule has 0 radical (unpaired) electrons. The second-order valence-corrected chi connectivity index (χ2v) is 3.74. The third kappa shape index (κ3) is 3.33. The summed E-state index contributed by atoms with van der Waals surface area (Å²) in [5.41, 5.74) is 5.71. The van der Waals surface area contributed by atoms with Crippen molar-refractivity contribution in [2.75, 3.05) is 12.4 Å². The molecule has 5 nitrogen and oxygen atoms in total. The Kier molecular flexibility index (Phi) is 4.20. The van der Waals surface area contributed by atoms with Crippen LogP contribution in [0.15, 0.2) is 11.5 Å². The van der Waals surface area contributed by atoms with E-state index in [-0.39, 0.29) is 12.6 Å². The number of aliphatic hydroxyl groups is 1. The van der Waals surface area contributed by atoms with Gasteiger partial charge in [0.2, 0.25) is 0 Å². The van der Waals surface area contributed by atoms with Crippen LogP contribution in [0.25, 0.3) is 0 Å². The molecular formula is C7H14N4OS. The molecule has 0 saturated carbocycles. The number of aromatic nitrogens is 3. The molecule has 0 spiro atoms. The summed E-state index contributed by atoms with van der Waals surface area (Å²) in [6.07, 6.45) is 2.14. The van der Waals surface area contributed by atoms with Crippen molar-refractivity contribution in [1.82, 2.24) is 14.8 Å². The van der Waals surface area contributed by atoms with Crippen LogP contribution in [0.4, 0.5) is 0 Å². The lowest BCUT2D eigenvalue weighted by molar-refractivity contribution is 0.279. The first-order valence-corrected chi connectivity index (χ1v) is 5.06. The van der Waals surface area contributed by atoms with Crippen LogP contribution in [0, 0.1) is 0 Å². The number of thioether (sulfide) groups is 1. The zero-order valence-electron chi connectivity index (χ0n) is 7.55. The number of hydrogen-bond donors (Lipinski definition) is 2. The van der Waals surface area contributed by atoms with E-state index in [2.05, 4.69) is 10.1 Å². The molecule has 1 aromatic rings. The van der Waals surface area contributed by atoms with E-state index in [0.717, 1.165) is 10.9 Å². The SMILES string of the molecule is Cn1ncnc1SCC(N)CCO. The molecule has 6 heteroatoms. The lowest BCUT2D eigenvalue weighted by Crippen LogP contribution is -2.24. The molecule has 0 fully saturated rings. The first-order valence-electron chi connectivity index (χ1n) is 4.07. The Balaban J connectivity index is 2.30. The van der Waals surface area contributed by atoms with Gasteiger partial charge in [-0.05, 0) is 6.42 Å². The molecule has 3 N–H and O–H groups in total. The van der Waals surface area contributed by atoms with E-state index in [1.807, 2.05) is 7.05 Å². The molecule has 0 amide bonds. The highest BCUT2D eigenvalue weighted by molar-refractivity contribution is 7.99. The van der Waals surface area contributed by atoms with Gasteiger partial charge in [0.1, 0.15) is 6.33 Å². The van der Waals surface area contributed by atoms with Crippen LogP contribution in [0.2, 0.25) is 0 Å². The number of aryl methyl sites for hydroxylation is 1. The van der Waals surface area contributed by atoms with Crippen LogP contribution in [-0.2, 0) is 7.05 Å². The number of hydrogen-bond acceptors (Lipinski definition) is 5. The molecule has 0 bridgehead atoms. The molecule has 1 heterocycles. The summed E-state index contributed by atoms with van der Waals surface area (Å²) in [6.45, 7) is 0.139. The molecule has 0 aliphatic heterocycles.